The number of likely N-dealkylation sites (tertiary alicyclic amines) is 1. The summed E-state index contributed by atoms with van der Waals surface area (Å²) < 4.78 is 8.55. The molecule has 5 rings (SSSR count). The fraction of sp³-hybridized carbons (Fsp3) is 0.333. The third kappa shape index (κ3) is 4.74. The van der Waals surface area contributed by atoms with Gasteiger partial charge in [-0.15, -0.1) is 0 Å². The Morgan fingerprint density at radius 1 is 1.08 bits per heavy atom. The standard InChI is InChI=1S/C27H29N5O4/c1-36-15-14-31-18-21(19-6-3-2-4-7-19)16-20(26(31)34)17-24(33)30-12-9-22(10-13-30)32-23-8-5-11-28-25(23)29-27(32)35/h2-8,11,16,18,22H,9-10,12-15,17H2,1H3,(H,28,29,35). The van der Waals surface area contributed by atoms with Crippen LogP contribution in [0.5, 0.6) is 0 Å². The highest BCUT2D eigenvalue weighted by Crippen LogP contribution is 2.25. The largest absolute Gasteiger partial charge is 0.383 e. The van der Waals surface area contributed by atoms with Crippen molar-refractivity contribution in [3.63, 3.8) is 0 Å². The molecule has 0 spiro atoms. The van der Waals surface area contributed by atoms with Gasteiger partial charge in [0.25, 0.3) is 5.56 Å². The molecule has 0 radical (unpaired) electrons. The third-order valence-corrected chi connectivity index (χ3v) is 6.82. The Balaban J connectivity index is 1.33. The number of piperidine rings is 1. The van der Waals surface area contributed by atoms with E-state index >= 15 is 0 Å². The summed E-state index contributed by atoms with van der Waals surface area (Å²) in [5.74, 6) is -0.0815. The average Bonchev–Trinajstić information content (AvgIpc) is 3.25. The van der Waals surface area contributed by atoms with Gasteiger partial charge in [0, 0.05) is 50.7 Å². The van der Waals surface area contributed by atoms with E-state index in [1.165, 1.54) is 0 Å². The molecule has 186 valence electrons. The van der Waals surface area contributed by atoms with Crippen molar-refractivity contribution >= 4 is 17.1 Å². The van der Waals surface area contributed by atoms with Gasteiger partial charge in [-0.25, -0.2) is 9.78 Å². The van der Waals surface area contributed by atoms with Gasteiger partial charge in [-0.3, -0.25) is 19.1 Å². The highest BCUT2D eigenvalue weighted by molar-refractivity contribution is 5.79. The van der Waals surface area contributed by atoms with E-state index < -0.39 is 0 Å². The van der Waals surface area contributed by atoms with Crippen molar-refractivity contribution < 1.29 is 9.53 Å². The van der Waals surface area contributed by atoms with Crippen molar-refractivity contribution in [3.8, 4) is 11.1 Å². The quantitative estimate of drug-likeness (QED) is 0.432. The molecule has 1 aromatic carbocycles. The van der Waals surface area contributed by atoms with Gasteiger partial charge in [0.05, 0.1) is 18.5 Å². The molecule has 1 aliphatic heterocycles. The van der Waals surface area contributed by atoms with Crippen LogP contribution in [-0.2, 0) is 22.5 Å². The van der Waals surface area contributed by atoms with Crippen LogP contribution in [0.15, 0.2) is 70.5 Å². The van der Waals surface area contributed by atoms with E-state index in [0.29, 0.717) is 50.3 Å². The van der Waals surface area contributed by atoms with Gasteiger partial charge in [-0.2, -0.15) is 0 Å². The van der Waals surface area contributed by atoms with Crippen LogP contribution in [0.1, 0.15) is 24.4 Å². The molecule has 0 saturated carbocycles. The first-order valence-electron chi connectivity index (χ1n) is 12.2. The summed E-state index contributed by atoms with van der Waals surface area (Å²) in [4.78, 5) is 47.7. The van der Waals surface area contributed by atoms with Gasteiger partial charge in [0.1, 0.15) is 0 Å². The Labute approximate surface area is 208 Å². The first kappa shape index (κ1) is 23.7. The SMILES string of the molecule is COCCn1cc(-c2ccccc2)cc(CC(=O)N2CCC(n3c(=O)[nH]c4ncccc43)CC2)c1=O. The molecule has 3 aromatic heterocycles. The number of hydrogen-bond acceptors (Lipinski definition) is 5. The van der Waals surface area contributed by atoms with Crippen LogP contribution in [0.2, 0.25) is 0 Å². The molecule has 1 N–H and O–H groups in total. The van der Waals surface area contributed by atoms with E-state index in [4.69, 9.17) is 4.74 Å². The zero-order valence-corrected chi connectivity index (χ0v) is 20.2. The van der Waals surface area contributed by atoms with E-state index in [2.05, 4.69) is 9.97 Å². The van der Waals surface area contributed by atoms with Gasteiger partial charge in [0.15, 0.2) is 5.65 Å². The number of nitrogens with one attached hydrogen (secondary N) is 1. The minimum Gasteiger partial charge on any atom is -0.383 e. The van der Waals surface area contributed by atoms with Crippen LogP contribution >= 0.6 is 0 Å². The number of ether oxygens (including phenoxy) is 1. The molecule has 4 aromatic rings. The van der Waals surface area contributed by atoms with Crippen molar-refractivity contribution in [2.75, 3.05) is 26.8 Å². The first-order chi connectivity index (χ1) is 17.5. The monoisotopic (exact) mass is 487 g/mol. The number of hydrogen-bond donors (Lipinski definition) is 1. The smallest absolute Gasteiger partial charge is 0.327 e. The summed E-state index contributed by atoms with van der Waals surface area (Å²) in [6, 6.07) is 15.3. The van der Waals surface area contributed by atoms with Crippen LogP contribution in [0.3, 0.4) is 0 Å². The lowest BCUT2D eigenvalue weighted by molar-refractivity contribution is -0.131. The number of methoxy groups -OCH3 is 1. The highest BCUT2D eigenvalue weighted by Gasteiger charge is 2.27. The van der Waals surface area contributed by atoms with Crippen molar-refractivity contribution in [2.45, 2.75) is 31.8 Å². The number of pyridine rings is 2. The maximum atomic E-state index is 13.2. The summed E-state index contributed by atoms with van der Waals surface area (Å²) in [7, 11) is 1.60. The molecule has 9 heteroatoms. The lowest BCUT2D eigenvalue weighted by Gasteiger charge is -2.32. The van der Waals surface area contributed by atoms with Gasteiger partial charge in [-0.05, 0) is 42.2 Å². The van der Waals surface area contributed by atoms with E-state index in [0.717, 1.165) is 16.6 Å². The van der Waals surface area contributed by atoms with E-state index in [1.54, 1.807) is 27.3 Å². The molecular weight excluding hydrogens is 458 g/mol. The molecule has 9 nitrogen and oxygen atoms in total. The topological polar surface area (TPSA) is 102 Å². The molecule has 1 saturated heterocycles. The molecule has 1 amide bonds. The van der Waals surface area contributed by atoms with Gasteiger partial charge >= 0.3 is 5.69 Å². The molecular formula is C27H29N5O4. The molecule has 1 fully saturated rings. The Hall–Kier alpha value is -3.98. The zero-order chi connectivity index (χ0) is 25.1. The van der Waals surface area contributed by atoms with Crippen LogP contribution in [0.4, 0.5) is 0 Å². The minimum atomic E-state index is -0.178. The number of fused-ring (bicyclic) bond motifs is 1. The molecule has 0 bridgehead atoms. The Morgan fingerprint density at radius 2 is 1.86 bits per heavy atom. The molecule has 4 heterocycles. The number of nitrogens with zero attached hydrogens (tertiary/aromatic N) is 4. The molecule has 0 unspecified atom stereocenters. The predicted octanol–water partition coefficient (Wildman–Crippen LogP) is 2.61. The molecule has 0 aliphatic carbocycles. The normalized spacial score (nSPS) is 14.4. The number of aromatic amines is 1. The van der Waals surface area contributed by atoms with Crippen molar-refractivity contribution in [1.29, 1.82) is 0 Å². The lowest BCUT2D eigenvalue weighted by atomic mass is 10.0. The van der Waals surface area contributed by atoms with Crippen LogP contribution in [-0.4, -0.2) is 56.7 Å². The van der Waals surface area contributed by atoms with Crippen molar-refractivity contribution in [2.24, 2.45) is 0 Å². The van der Waals surface area contributed by atoms with Crippen LogP contribution in [0, 0.1) is 0 Å². The van der Waals surface area contributed by atoms with E-state index in [9.17, 15) is 14.4 Å². The summed E-state index contributed by atoms with van der Waals surface area (Å²) in [6.45, 7) is 1.87. The second-order valence-corrected chi connectivity index (χ2v) is 9.07. The number of amides is 1. The Bertz CT molecular complexity index is 1480. The number of benzene rings is 1. The molecule has 36 heavy (non-hydrogen) atoms. The summed E-state index contributed by atoms with van der Waals surface area (Å²) in [5, 5.41) is 0. The summed E-state index contributed by atoms with van der Waals surface area (Å²) in [5.41, 5.74) is 3.34. The van der Waals surface area contributed by atoms with Crippen LogP contribution < -0.4 is 11.2 Å². The lowest BCUT2D eigenvalue weighted by Crippen LogP contribution is -2.42. The van der Waals surface area contributed by atoms with Crippen molar-refractivity contribution in [3.05, 3.63) is 87.3 Å². The predicted molar refractivity (Wildman–Crippen MR) is 137 cm³/mol. The molecule has 1 aliphatic rings. The Morgan fingerprint density at radius 3 is 2.61 bits per heavy atom. The first-order valence-corrected chi connectivity index (χ1v) is 12.2. The number of aromatic nitrogens is 4. The fourth-order valence-corrected chi connectivity index (χ4v) is 4.94. The number of carbonyl (C=O) groups is 1. The second-order valence-electron chi connectivity index (χ2n) is 9.07. The van der Waals surface area contributed by atoms with E-state index in [-0.39, 0.29) is 29.6 Å². The van der Waals surface area contributed by atoms with E-state index in [1.807, 2.05) is 54.7 Å². The van der Waals surface area contributed by atoms with Gasteiger partial charge < -0.3 is 14.2 Å². The summed E-state index contributed by atoms with van der Waals surface area (Å²) in [6.07, 6.45) is 4.84. The number of imidazole rings is 1. The second kappa shape index (κ2) is 10.3. The van der Waals surface area contributed by atoms with Crippen LogP contribution in [0.25, 0.3) is 22.3 Å². The summed E-state index contributed by atoms with van der Waals surface area (Å²) >= 11 is 0. The zero-order valence-electron chi connectivity index (χ0n) is 20.2. The number of carbonyl (C=O) groups excluding carboxylic acids is 1. The number of H-pyrrole nitrogens is 1. The maximum Gasteiger partial charge on any atom is 0.327 e. The van der Waals surface area contributed by atoms with Crippen molar-refractivity contribution in [1.82, 2.24) is 24.0 Å². The highest BCUT2D eigenvalue weighted by atomic mass is 16.5. The third-order valence-electron chi connectivity index (χ3n) is 6.82. The number of rotatable bonds is 7. The average molecular weight is 488 g/mol. The molecule has 0 atom stereocenters. The minimum absolute atomic E-state index is 0.00724. The van der Waals surface area contributed by atoms with Gasteiger partial charge in [-0.1, -0.05) is 30.3 Å². The maximum absolute atomic E-state index is 13.2. The fourth-order valence-electron chi connectivity index (χ4n) is 4.94. The van der Waals surface area contributed by atoms with Gasteiger partial charge in [0.2, 0.25) is 5.91 Å². The Kier molecular flexibility index (Phi) is 6.81.